The normalized spacial score (nSPS) is 16.0. The van der Waals surface area contributed by atoms with Gasteiger partial charge in [0.25, 0.3) is 0 Å². The van der Waals surface area contributed by atoms with Crippen molar-refractivity contribution >= 4 is 17.7 Å². The third-order valence-electron chi connectivity index (χ3n) is 3.53. The molecule has 0 heterocycles. The molecule has 21 heavy (non-hydrogen) atoms. The second kappa shape index (κ2) is 8.76. The Balaban J connectivity index is 5.26. The number of hydrogen-bond acceptors (Lipinski definition) is 3. The summed E-state index contributed by atoms with van der Waals surface area (Å²) in [6.07, 6.45) is 2.10. The van der Waals surface area contributed by atoms with Crippen molar-refractivity contribution in [3.8, 4) is 0 Å². The van der Waals surface area contributed by atoms with Crippen molar-refractivity contribution in [2.45, 2.75) is 53.6 Å². The molecule has 0 aromatic rings. The van der Waals surface area contributed by atoms with Crippen molar-refractivity contribution in [2.24, 2.45) is 11.3 Å². The van der Waals surface area contributed by atoms with E-state index in [0.29, 0.717) is 12.5 Å². The molecule has 5 heteroatoms. The highest BCUT2D eigenvalue weighted by molar-refractivity contribution is 6.15. The largest absolute Gasteiger partial charge is 0.380 e. The number of methoxy groups -OCH3 is 1. The zero-order chi connectivity index (χ0) is 16.8. The maximum Gasteiger partial charge on any atom is 0.241 e. The van der Waals surface area contributed by atoms with Gasteiger partial charge in [0, 0.05) is 14.2 Å². The minimum absolute atomic E-state index is 0.00216. The molecule has 0 spiro atoms. The molecule has 0 saturated heterocycles. The summed E-state index contributed by atoms with van der Waals surface area (Å²) in [5.74, 6) is 0.305. The molecule has 4 nitrogen and oxygen atoms in total. The van der Waals surface area contributed by atoms with Crippen molar-refractivity contribution < 1.29 is 9.53 Å². The van der Waals surface area contributed by atoms with Crippen LogP contribution in [0.3, 0.4) is 0 Å². The molecule has 0 fully saturated rings. The fraction of sp³-hybridized carbons (Fsp3) is 0.812. The Hall–Kier alpha value is -0.580. The molecule has 1 N–H and O–H groups in total. The van der Waals surface area contributed by atoms with E-state index in [4.69, 9.17) is 16.5 Å². The lowest BCUT2D eigenvalue weighted by Gasteiger charge is -2.36. The van der Waals surface area contributed by atoms with Crippen molar-refractivity contribution in [3.05, 3.63) is 11.6 Å². The highest BCUT2D eigenvalue weighted by atomic mass is 35.5. The number of carbonyl (C=O) groups is 1. The SMILES string of the molecule is COC/C(C)=C/[C@H](C(C)C)N(C)C(=O)C(NCl)C(C)(C)C. The van der Waals surface area contributed by atoms with Gasteiger partial charge in [-0.2, -0.15) is 0 Å². The molecule has 124 valence electrons. The first-order valence-electron chi connectivity index (χ1n) is 7.35. The van der Waals surface area contributed by atoms with Crippen LogP contribution in [0.15, 0.2) is 11.6 Å². The van der Waals surface area contributed by atoms with E-state index in [2.05, 4.69) is 24.8 Å². The average Bonchev–Trinajstić information content (AvgIpc) is 2.34. The molecule has 2 atom stereocenters. The van der Waals surface area contributed by atoms with Crippen LogP contribution in [0.4, 0.5) is 0 Å². The number of amides is 1. The standard InChI is InChI=1S/C16H31ClN2O2/c1-11(2)13(9-12(3)10-21-8)19(7)15(20)14(18-17)16(4,5)6/h9,11,13-14,18H,10H2,1-8H3/b12-9+/t13-,14?/m1/s1. The molecular formula is C16H31ClN2O2. The van der Waals surface area contributed by atoms with Crippen LogP contribution in [0.2, 0.25) is 0 Å². The quantitative estimate of drug-likeness (QED) is 0.579. The molecular weight excluding hydrogens is 288 g/mol. The molecule has 0 saturated carbocycles. The zero-order valence-electron chi connectivity index (χ0n) is 14.7. The van der Waals surface area contributed by atoms with Gasteiger partial charge in [-0.3, -0.25) is 4.79 Å². The molecule has 1 unspecified atom stereocenters. The van der Waals surface area contributed by atoms with Crippen LogP contribution in [0, 0.1) is 11.3 Å². The van der Waals surface area contributed by atoms with Gasteiger partial charge in [0.2, 0.25) is 5.91 Å². The lowest BCUT2D eigenvalue weighted by molar-refractivity contribution is -0.136. The summed E-state index contributed by atoms with van der Waals surface area (Å²) in [6.45, 7) is 12.8. The summed E-state index contributed by atoms with van der Waals surface area (Å²) in [6, 6.07) is -0.413. The van der Waals surface area contributed by atoms with Gasteiger partial charge in [-0.15, -0.1) is 0 Å². The fourth-order valence-corrected chi connectivity index (χ4v) is 2.67. The number of likely N-dealkylation sites (N-methyl/N-ethyl adjacent to an activating group) is 1. The number of nitrogens with zero attached hydrogens (tertiary/aromatic N) is 1. The Morgan fingerprint density at radius 2 is 1.90 bits per heavy atom. The van der Waals surface area contributed by atoms with Gasteiger partial charge in [-0.05, 0) is 35.6 Å². The van der Waals surface area contributed by atoms with Crippen LogP contribution >= 0.6 is 11.8 Å². The summed E-state index contributed by atoms with van der Waals surface area (Å²) in [7, 11) is 3.50. The minimum Gasteiger partial charge on any atom is -0.380 e. The maximum absolute atomic E-state index is 12.7. The fourth-order valence-electron chi connectivity index (χ4n) is 2.25. The maximum atomic E-state index is 12.7. The van der Waals surface area contributed by atoms with Crippen molar-refractivity contribution in [1.29, 1.82) is 0 Å². The summed E-state index contributed by atoms with van der Waals surface area (Å²) in [5.41, 5.74) is 0.863. The number of nitrogens with one attached hydrogen (secondary N) is 1. The van der Waals surface area contributed by atoms with Crippen LogP contribution in [-0.4, -0.2) is 43.7 Å². The summed E-state index contributed by atoms with van der Waals surface area (Å²) >= 11 is 5.80. The molecule has 0 aliphatic carbocycles. The molecule has 0 aliphatic rings. The van der Waals surface area contributed by atoms with E-state index < -0.39 is 6.04 Å². The van der Waals surface area contributed by atoms with E-state index in [-0.39, 0.29) is 17.4 Å². The van der Waals surface area contributed by atoms with E-state index in [1.807, 2.05) is 34.7 Å². The predicted molar refractivity (Wildman–Crippen MR) is 89.3 cm³/mol. The second-order valence-corrected chi connectivity index (χ2v) is 7.26. The van der Waals surface area contributed by atoms with E-state index >= 15 is 0 Å². The van der Waals surface area contributed by atoms with E-state index in [1.165, 1.54) is 0 Å². The third-order valence-corrected chi connectivity index (χ3v) is 3.75. The van der Waals surface area contributed by atoms with Crippen molar-refractivity contribution in [2.75, 3.05) is 20.8 Å². The summed E-state index contributed by atoms with van der Waals surface area (Å²) in [5, 5.41) is 0. The summed E-state index contributed by atoms with van der Waals surface area (Å²) < 4.78 is 5.14. The van der Waals surface area contributed by atoms with Crippen LogP contribution in [0.25, 0.3) is 0 Å². The topological polar surface area (TPSA) is 41.6 Å². The Kier molecular flexibility index (Phi) is 8.52. The molecule has 0 aromatic heterocycles. The Labute approximate surface area is 135 Å². The Morgan fingerprint density at radius 1 is 1.38 bits per heavy atom. The van der Waals surface area contributed by atoms with Crippen molar-refractivity contribution in [3.63, 3.8) is 0 Å². The Bertz CT molecular complexity index is 362. The number of carbonyl (C=O) groups excluding carboxylic acids is 1. The molecule has 1 amide bonds. The highest BCUT2D eigenvalue weighted by Gasteiger charge is 2.35. The van der Waals surface area contributed by atoms with Gasteiger partial charge < -0.3 is 9.64 Å². The number of ether oxygens (including phenoxy) is 1. The third kappa shape index (κ3) is 6.37. The number of hydrogen-bond donors (Lipinski definition) is 1. The average molecular weight is 319 g/mol. The van der Waals surface area contributed by atoms with Crippen molar-refractivity contribution in [1.82, 2.24) is 9.74 Å². The first-order valence-corrected chi connectivity index (χ1v) is 7.73. The zero-order valence-corrected chi connectivity index (χ0v) is 15.4. The first-order chi connectivity index (χ1) is 9.56. The number of halogens is 1. The number of rotatable bonds is 7. The van der Waals surface area contributed by atoms with E-state index in [9.17, 15) is 4.79 Å². The minimum atomic E-state index is -0.429. The van der Waals surface area contributed by atoms with E-state index in [1.54, 1.807) is 12.0 Å². The highest BCUT2D eigenvalue weighted by Crippen LogP contribution is 2.23. The molecule has 0 aliphatic heterocycles. The van der Waals surface area contributed by atoms with Gasteiger partial charge in [0.15, 0.2) is 0 Å². The first kappa shape index (κ1) is 20.4. The van der Waals surface area contributed by atoms with Crippen LogP contribution in [0.1, 0.15) is 41.5 Å². The van der Waals surface area contributed by atoms with Gasteiger partial charge >= 0.3 is 0 Å². The predicted octanol–water partition coefficient (Wildman–Crippen LogP) is 3.22. The van der Waals surface area contributed by atoms with Gasteiger partial charge in [-0.25, -0.2) is 4.84 Å². The second-order valence-electron chi connectivity index (χ2n) is 7.04. The van der Waals surface area contributed by atoms with Crippen LogP contribution in [0.5, 0.6) is 0 Å². The Morgan fingerprint density at radius 3 is 2.24 bits per heavy atom. The van der Waals surface area contributed by atoms with Gasteiger partial charge in [0.1, 0.15) is 6.04 Å². The van der Waals surface area contributed by atoms with Crippen LogP contribution in [-0.2, 0) is 9.53 Å². The van der Waals surface area contributed by atoms with E-state index in [0.717, 1.165) is 5.57 Å². The summed E-state index contributed by atoms with van der Waals surface area (Å²) in [4.78, 5) is 17.1. The van der Waals surface area contributed by atoms with Crippen LogP contribution < -0.4 is 4.84 Å². The molecule has 0 bridgehead atoms. The monoisotopic (exact) mass is 318 g/mol. The molecule has 0 radical (unpaired) electrons. The van der Waals surface area contributed by atoms with Gasteiger partial charge in [0.05, 0.1) is 12.6 Å². The smallest absolute Gasteiger partial charge is 0.241 e. The van der Waals surface area contributed by atoms with Gasteiger partial charge in [-0.1, -0.05) is 40.7 Å². The lowest BCUT2D eigenvalue weighted by Crippen LogP contribution is -2.52. The molecule has 0 aromatic carbocycles. The lowest BCUT2D eigenvalue weighted by atomic mass is 9.86. The molecule has 0 rings (SSSR count).